The number of amides is 1. The van der Waals surface area contributed by atoms with Crippen LogP contribution >= 0.6 is 0 Å². The maximum absolute atomic E-state index is 12.7. The standard InChI is InChI=1S/C21H22N4O5/c1-13-20(22-21(26)16-7-5-6-8-17(16)25(27)28)14(2)24(23-13)12-15-9-10-18(29-3)19(11-15)30-4/h5-11H,12H2,1-4H3,(H,22,26). The molecule has 0 aliphatic heterocycles. The molecule has 0 spiro atoms. The molecule has 1 heterocycles. The van der Waals surface area contributed by atoms with Gasteiger partial charge in [-0.1, -0.05) is 18.2 Å². The topological polar surface area (TPSA) is 109 Å². The van der Waals surface area contributed by atoms with Crippen LogP contribution in [0.25, 0.3) is 0 Å². The Morgan fingerprint density at radius 3 is 2.50 bits per heavy atom. The van der Waals surface area contributed by atoms with Gasteiger partial charge in [0.1, 0.15) is 5.56 Å². The molecule has 0 saturated heterocycles. The minimum atomic E-state index is -0.574. The quantitative estimate of drug-likeness (QED) is 0.470. The molecule has 0 unspecified atom stereocenters. The molecule has 1 N–H and O–H groups in total. The highest BCUT2D eigenvalue weighted by molar-refractivity contribution is 6.07. The predicted octanol–water partition coefficient (Wildman–Crippen LogP) is 3.73. The first-order chi connectivity index (χ1) is 14.3. The Morgan fingerprint density at radius 1 is 1.13 bits per heavy atom. The second-order valence-electron chi connectivity index (χ2n) is 6.62. The van der Waals surface area contributed by atoms with Crippen molar-refractivity contribution in [1.29, 1.82) is 0 Å². The number of aromatic nitrogens is 2. The van der Waals surface area contributed by atoms with Gasteiger partial charge in [-0.05, 0) is 37.6 Å². The van der Waals surface area contributed by atoms with E-state index in [1.807, 2.05) is 25.1 Å². The Balaban J connectivity index is 1.86. The molecule has 3 aromatic rings. The molecule has 30 heavy (non-hydrogen) atoms. The van der Waals surface area contributed by atoms with Crippen molar-refractivity contribution in [1.82, 2.24) is 9.78 Å². The summed E-state index contributed by atoms with van der Waals surface area (Å²) in [4.78, 5) is 23.3. The number of carbonyl (C=O) groups excluding carboxylic acids is 1. The van der Waals surface area contributed by atoms with Crippen molar-refractivity contribution in [2.45, 2.75) is 20.4 Å². The molecule has 0 bridgehead atoms. The third-order valence-electron chi connectivity index (χ3n) is 4.75. The average Bonchev–Trinajstić information content (AvgIpc) is 3.00. The van der Waals surface area contributed by atoms with Gasteiger partial charge in [0.25, 0.3) is 11.6 Å². The molecule has 1 aromatic heterocycles. The zero-order valence-electron chi connectivity index (χ0n) is 17.1. The smallest absolute Gasteiger partial charge is 0.282 e. The van der Waals surface area contributed by atoms with Crippen LogP contribution in [0.15, 0.2) is 42.5 Å². The number of nitro groups is 1. The van der Waals surface area contributed by atoms with Crippen molar-refractivity contribution in [2.24, 2.45) is 0 Å². The van der Waals surface area contributed by atoms with Crippen molar-refractivity contribution in [2.75, 3.05) is 19.5 Å². The number of hydrogen-bond acceptors (Lipinski definition) is 6. The molecule has 0 aliphatic carbocycles. The Labute approximate surface area is 173 Å². The van der Waals surface area contributed by atoms with Crippen LogP contribution in [0.4, 0.5) is 11.4 Å². The number of methoxy groups -OCH3 is 2. The van der Waals surface area contributed by atoms with Crippen molar-refractivity contribution < 1.29 is 19.2 Å². The number of anilines is 1. The molecule has 9 heteroatoms. The van der Waals surface area contributed by atoms with Gasteiger partial charge >= 0.3 is 0 Å². The lowest BCUT2D eigenvalue weighted by molar-refractivity contribution is -0.385. The van der Waals surface area contributed by atoms with Crippen molar-refractivity contribution in [3.63, 3.8) is 0 Å². The summed E-state index contributed by atoms with van der Waals surface area (Å²) in [7, 11) is 3.14. The molecule has 0 atom stereocenters. The number of carbonyl (C=O) groups is 1. The first-order valence-corrected chi connectivity index (χ1v) is 9.15. The van der Waals surface area contributed by atoms with Gasteiger partial charge in [-0.25, -0.2) is 0 Å². The first kappa shape index (κ1) is 20.8. The van der Waals surface area contributed by atoms with Crippen LogP contribution in [0.3, 0.4) is 0 Å². The van der Waals surface area contributed by atoms with Gasteiger partial charge in [0.05, 0.1) is 42.8 Å². The zero-order valence-corrected chi connectivity index (χ0v) is 17.1. The largest absolute Gasteiger partial charge is 0.493 e. The molecule has 0 aliphatic rings. The lowest BCUT2D eigenvalue weighted by Gasteiger charge is -2.11. The normalized spacial score (nSPS) is 10.5. The van der Waals surface area contributed by atoms with E-state index in [2.05, 4.69) is 10.4 Å². The van der Waals surface area contributed by atoms with Crippen LogP contribution in [0.1, 0.15) is 27.3 Å². The third-order valence-corrected chi connectivity index (χ3v) is 4.75. The van der Waals surface area contributed by atoms with E-state index in [9.17, 15) is 14.9 Å². The lowest BCUT2D eigenvalue weighted by Crippen LogP contribution is -2.15. The van der Waals surface area contributed by atoms with Crippen LogP contribution in [-0.2, 0) is 6.54 Å². The number of rotatable bonds is 7. The van der Waals surface area contributed by atoms with E-state index in [-0.39, 0.29) is 11.3 Å². The van der Waals surface area contributed by atoms with E-state index < -0.39 is 10.8 Å². The van der Waals surface area contributed by atoms with Gasteiger partial charge in [-0.15, -0.1) is 0 Å². The number of benzene rings is 2. The number of hydrogen-bond donors (Lipinski definition) is 1. The molecule has 0 saturated carbocycles. The van der Waals surface area contributed by atoms with E-state index in [0.29, 0.717) is 29.4 Å². The zero-order chi connectivity index (χ0) is 21.8. The Morgan fingerprint density at radius 2 is 1.83 bits per heavy atom. The minimum Gasteiger partial charge on any atom is -0.493 e. The molecule has 9 nitrogen and oxygen atoms in total. The summed E-state index contributed by atoms with van der Waals surface area (Å²) in [5.41, 5.74) is 2.56. The maximum atomic E-state index is 12.7. The van der Waals surface area contributed by atoms with Crippen LogP contribution < -0.4 is 14.8 Å². The van der Waals surface area contributed by atoms with Crippen molar-refractivity contribution in [3.05, 3.63) is 75.1 Å². The fourth-order valence-electron chi connectivity index (χ4n) is 3.19. The summed E-state index contributed by atoms with van der Waals surface area (Å²) in [6.07, 6.45) is 0. The highest BCUT2D eigenvalue weighted by Gasteiger charge is 2.22. The lowest BCUT2D eigenvalue weighted by atomic mass is 10.1. The summed E-state index contributed by atoms with van der Waals surface area (Å²) in [6, 6.07) is 11.4. The molecular formula is C21H22N4O5. The summed E-state index contributed by atoms with van der Waals surface area (Å²) < 4.78 is 12.4. The first-order valence-electron chi connectivity index (χ1n) is 9.15. The molecular weight excluding hydrogens is 388 g/mol. The molecule has 0 radical (unpaired) electrons. The number of aryl methyl sites for hydroxylation is 1. The third kappa shape index (κ3) is 4.09. The monoisotopic (exact) mass is 410 g/mol. The molecule has 0 fully saturated rings. The summed E-state index contributed by atoms with van der Waals surface area (Å²) >= 11 is 0. The SMILES string of the molecule is COc1ccc(Cn2nc(C)c(NC(=O)c3ccccc3[N+](=O)[O-])c2C)cc1OC. The van der Waals surface area contributed by atoms with E-state index in [4.69, 9.17) is 9.47 Å². The van der Waals surface area contributed by atoms with Gasteiger partial charge in [0.15, 0.2) is 11.5 Å². The van der Waals surface area contributed by atoms with Gasteiger partial charge in [0, 0.05) is 6.07 Å². The van der Waals surface area contributed by atoms with Crippen LogP contribution in [0.5, 0.6) is 11.5 Å². The summed E-state index contributed by atoms with van der Waals surface area (Å²) in [5.74, 6) is 0.688. The van der Waals surface area contributed by atoms with Crippen molar-refractivity contribution >= 4 is 17.3 Å². The number of ether oxygens (including phenoxy) is 2. The maximum Gasteiger partial charge on any atom is 0.282 e. The molecule has 1 amide bonds. The fourth-order valence-corrected chi connectivity index (χ4v) is 3.19. The Bertz CT molecular complexity index is 1110. The van der Waals surface area contributed by atoms with Crippen LogP contribution in [0.2, 0.25) is 0 Å². The number of nitrogens with one attached hydrogen (secondary N) is 1. The van der Waals surface area contributed by atoms with Crippen LogP contribution in [-0.4, -0.2) is 34.8 Å². The van der Waals surface area contributed by atoms with Crippen molar-refractivity contribution in [3.8, 4) is 11.5 Å². The molecule has 3 rings (SSSR count). The Hall–Kier alpha value is -3.88. The van der Waals surface area contributed by atoms with E-state index >= 15 is 0 Å². The van der Waals surface area contributed by atoms with Gasteiger partial charge in [0.2, 0.25) is 0 Å². The van der Waals surface area contributed by atoms with Gasteiger partial charge < -0.3 is 14.8 Å². The second-order valence-corrected chi connectivity index (χ2v) is 6.62. The molecule has 2 aromatic carbocycles. The predicted molar refractivity (Wildman–Crippen MR) is 111 cm³/mol. The van der Waals surface area contributed by atoms with Crippen LogP contribution in [0, 0.1) is 24.0 Å². The summed E-state index contributed by atoms with van der Waals surface area (Å²) in [6.45, 7) is 4.05. The Kier molecular flexibility index (Phi) is 6.01. The van der Waals surface area contributed by atoms with Gasteiger partial charge in [-0.3, -0.25) is 19.6 Å². The average molecular weight is 410 g/mol. The highest BCUT2D eigenvalue weighted by atomic mass is 16.6. The van der Waals surface area contributed by atoms with E-state index in [0.717, 1.165) is 11.3 Å². The summed E-state index contributed by atoms with van der Waals surface area (Å²) in [5, 5.41) is 18.5. The second kappa shape index (κ2) is 8.64. The highest BCUT2D eigenvalue weighted by Crippen LogP contribution is 2.29. The number of nitro benzene ring substituents is 1. The number of para-hydroxylation sites is 1. The van der Waals surface area contributed by atoms with E-state index in [1.54, 1.807) is 31.9 Å². The minimum absolute atomic E-state index is 0.00561. The molecule has 156 valence electrons. The number of nitrogens with zero attached hydrogens (tertiary/aromatic N) is 3. The van der Waals surface area contributed by atoms with Gasteiger partial charge in [-0.2, -0.15) is 5.10 Å². The fraction of sp³-hybridized carbons (Fsp3) is 0.238. The van der Waals surface area contributed by atoms with E-state index in [1.165, 1.54) is 18.2 Å².